The van der Waals surface area contributed by atoms with E-state index in [1.807, 2.05) is 0 Å². The number of aromatic nitrogens is 1. The summed E-state index contributed by atoms with van der Waals surface area (Å²) < 4.78 is 36.4. The van der Waals surface area contributed by atoms with Gasteiger partial charge in [0.1, 0.15) is 5.56 Å². The average molecular weight is 283 g/mol. The van der Waals surface area contributed by atoms with Gasteiger partial charge in [0.25, 0.3) is 0 Å². The summed E-state index contributed by atoms with van der Waals surface area (Å²) in [7, 11) is 1.15. The van der Waals surface area contributed by atoms with Gasteiger partial charge >= 0.3 is 5.97 Å². The maximum absolute atomic E-state index is 13.5. The molecule has 0 atom stereocenters. The molecule has 1 N–H and O–H groups in total. The SMILES string of the molecule is CCOC(=O)c1c[nH]c2c(OC)c(F)c(F)cc2c1=O. The third-order valence-corrected chi connectivity index (χ3v) is 2.73. The molecular formula is C13H11F2NO4. The van der Waals surface area contributed by atoms with Crippen molar-refractivity contribution in [1.29, 1.82) is 0 Å². The number of ether oxygens (including phenoxy) is 2. The second-order valence-corrected chi connectivity index (χ2v) is 3.88. The van der Waals surface area contributed by atoms with Crippen LogP contribution >= 0.6 is 0 Å². The van der Waals surface area contributed by atoms with Crippen molar-refractivity contribution in [2.24, 2.45) is 0 Å². The highest BCUT2D eigenvalue weighted by molar-refractivity contribution is 5.95. The Kier molecular flexibility index (Phi) is 3.69. The van der Waals surface area contributed by atoms with Gasteiger partial charge in [-0.1, -0.05) is 0 Å². The molecule has 106 valence electrons. The first kappa shape index (κ1) is 14.0. The van der Waals surface area contributed by atoms with Crippen molar-refractivity contribution in [2.45, 2.75) is 6.92 Å². The number of hydrogen-bond acceptors (Lipinski definition) is 4. The van der Waals surface area contributed by atoms with Crippen molar-refractivity contribution in [1.82, 2.24) is 4.98 Å². The van der Waals surface area contributed by atoms with Gasteiger partial charge in [0.05, 0.1) is 24.6 Å². The summed E-state index contributed by atoms with van der Waals surface area (Å²) >= 11 is 0. The second kappa shape index (κ2) is 5.28. The summed E-state index contributed by atoms with van der Waals surface area (Å²) in [4.78, 5) is 26.2. The number of carbonyl (C=O) groups is 1. The van der Waals surface area contributed by atoms with Crippen molar-refractivity contribution >= 4 is 16.9 Å². The zero-order valence-electron chi connectivity index (χ0n) is 10.8. The zero-order valence-corrected chi connectivity index (χ0v) is 10.8. The maximum Gasteiger partial charge on any atom is 0.343 e. The fourth-order valence-electron chi connectivity index (χ4n) is 1.83. The van der Waals surface area contributed by atoms with Crippen molar-refractivity contribution in [3.63, 3.8) is 0 Å². The quantitative estimate of drug-likeness (QED) is 0.875. The summed E-state index contributed by atoms with van der Waals surface area (Å²) in [6.45, 7) is 1.68. The van der Waals surface area contributed by atoms with Crippen molar-refractivity contribution in [3.05, 3.63) is 39.7 Å². The lowest BCUT2D eigenvalue weighted by Crippen LogP contribution is -2.18. The van der Waals surface area contributed by atoms with Crippen LogP contribution in [0.25, 0.3) is 10.9 Å². The van der Waals surface area contributed by atoms with Crippen LogP contribution in [0.15, 0.2) is 17.1 Å². The normalized spacial score (nSPS) is 10.6. The molecule has 0 amide bonds. The monoisotopic (exact) mass is 283 g/mol. The minimum Gasteiger partial charge on any atom is -0.491 e. The number of rotatable bonds is 3. The highest BCUT2D eigenvalue weighted by Crippen LogP contribution is 2.27. The highest BCUT2D eigenvalue weighted by Gasteiger charge is 2.20. The summed E-state index contributed by atoms with van der Waals surface area (Å²) in [5.41, 5.74) is -1.06. The Bertz CT molecular complexity index is 739. The van der Waals surface area contributed by atoms with E-state index in [1.54, 1.807) is 6.92 Å². The van der Waals surface area contributed by atoms with Crippen LogP contribution in [0.2, 0.25) is 0 Å². The number of fused-ring (bicyclic) bond motifs is 1. The lowest BCUT2D eigenvalue weighted by atomic mass is 10.1. The summed E-state index contributed by atoms with van der Waals surface area (Å²) in [5.74, 6) is -3.70. The first-order chi connectivity index (χ1) is 9.51. The zero-order chi connectivity index (χ0) is 14.9. The standard InChI is InChI=1S/C13H11F2NO4/c1-3-20-13(18)7-5-16-10-6(11(7)17)4-8(14)9(15)12(10)19-2/h4-5H,3H2,1-2H3,(H,16,17). The molecule has 1 aromatic heterocycles. The predicted octanol–water partition coefficient (Wildman–Crippen LogP) is 1.99. The molecule has 5 nitrogen and oxygen atoms in total. The first-order valence-corrected chi connectivity index (χ1v) is 5.75. The number of benzene rings is 1. The minimum absolute atomic E-state index is 0.0237. The Hall–Kier alpha value is -2.44. The van der Waals surface area contributed by atoms with Gasteiger partial charge in [-0.2, -0.15) is 4.39 Å². The molecule has 0 aliphatic heterocycles. The lowest BCUT2D eigenvalue weighted by molar-refractivity contribution is 0.0524. The molecule has 0 fully saturated rings. The molecule has 0 spiro atoms. The van der Waals surface area contributed by atoms with Crippen LogP contribution in [0.3, 0.4) is 0 Å². The topological polar surface area (TPSA) is 68.4 Å². The molecule has 0 aliphatic carbocycles. The molecule has 0 bridgehead atoms. The highest BCUT2D eigenvalue weighted by atomic mass is 19.2. The van der Waals surface area contributed by atoms with Crippen molar-refractivity contribution < 1.29 is 23.0 Å². The van der Waals surface area contributed by atoms with Crippen molar-refractivity contribution in [3.8, 4) is 5.75 Å². The van der Waals surface area contributed by atoms with E-state index < -0.39 is 28.8 Å². The van der Waals surface area contributed by atoms with Gasteiger partial charge in [0.2, 0.25) is 11.2 Å². The van der Waals surface area contributed by atoms with E-state index in [0.29, 0.717) is 0 Å². The average Bonchev–Trinajstić information content (AvgIpc) is 2.42. The molecule has 0 unspecified atom stereocenters. The number of carbonyl (C=O) groups excluding carboxylic acids is 1. The van der Waals surface area contributed by atoms with Gasteiger partial charge in [-0.3, -0.25) is 4.79 Å². The number of H-pyrrole nitrogens is 1. The van der Waals surface area contributed by atoms with Crippen molar-refractivity contribution in [2.75, 3.05) is 13.7 Å². The number of esters is 1. The molecule has 0 saturated carbocycles. The molecule has 2 rings (SSSR count). The van der Waals surface area contributed by atoms with Crippen LogP contribution in [0.1, 0.15) is 17.3 Å². The van der Waals surface area contributed by atoms with Crippen LogP contribution < -0.4 is 10.2 Å². The van der Waals surface area contributed by atoms with E-state index in [9.17, 15) is 18.4 Å². The fraction of sp³-hybridized carbons (Fsp3) is 0.231. The molecular weight excluding hydrogens is 272 g/mol. The van der Waals surface area contributed by atoms with Gasteiger partial charge in [-0.15, -0.1) is 0 Å². The molecule has 7 heteroatoms. The van der Waals surface area contributed by atoms with Gasteiger partial charge in [0.15, 0.2) is 11.6 Å². The van der Waals surface area contributed by atoms with Crippen LogP contribution in [0, 0.1) is 11.6 Å². The molecule has 20 heavy (non-hydrogen) atoms. The van der Waals surface area contributed by atoms with Crippen LogP contribution in [0.4, 0.5) is 8.78 Å². The van der Waals surface area contributed by atoms with Crippen LogP contribution in [-0.4, -0.2) is 24.7 Å². The number of halogens is 2. The Morgan fingerprint density at radius 1 is 1.40 bits per heavy atom. The molecule has 0 aliphatic rings. The fourth-order valence-corrected chi connectivity index (χ4v) is 1.83. The third-order valence-electron chi connectivity index (χ3n) is 2.73. The number of hydrogen-bond donors (Lipinski definition) is 1. The predicted molar refractivity (Wildman–Crippen MR) is 67.0 cm³/mol. The smallest absolute Gasteiger partial charge is 0.343 e. The van der Waals surface area contributed by atoms with Crippen LogP contribution in [0.5, 0.6) is 5.75 Å². The Balaban J connectivity index is 2.78. The number of pyridine rings is 1. The number of methoxy groups -OCH3 is 1. The van der Waals surface area contributed by atoms with Crippen LogP contribution in [-0.2, 0) is 4.74 Å². The summed E-state index contributed by atoms with van der Waals surface area (Å²) in [5, 5.41) is -0.189. The van der Waals surface area contributed by atoms with Gasteiger partial charge < -0.3 is 14.5 Å². The van der Waals surface area contributed by atoms with E-state index >= 15 is 0 Å². The number of aromatic amines is 1. The van der Waals surface area contributed by atoms with E-state index in [1.165, 1.54) is 0 Å². The Morgan fingerprint density at radius 3 is 2.70 bits per heavy atom. The largest absolute Gasteiger partial charge is 0.491 e. The second-order valence-electron chi connectivity index (χ2n) is 3.88. The molecule has 0 radical (unpaired) electrons. The Labute approximate surface area is 112 Å². The third kappa shape index (κ3) is 2.11. The number of nitrogens with one attached hydrogen (secondary N) is 1. The lowest BCUT2D eigenvalue weighted by Gasteiger charge is -2.08. The van der Waals surface area contributed by atoms with Gasteiger partial charge in [-0.25, -0.2) is 9.18 Å². The van der Waals surface area contributed by atoms with E-state index in [-0.39, 0.29) is 23.1 Å². The minimum atomic E-state index is -1.24. The summed E-state index contributed by atoms with van der Waals surface area (Å²) in [6, 6.07) is 0.717. The first-order valence-electron chi connectivity index (χ1n) is 5.75. The van der Waals surface area contributed by atoms with E-state index in [0.717, 1.165) is 19.4 Å². The molecule has 0 saturated heterocycles. The van der Waals surface area contributed by atoms with E-state index in [4.69, 9.17) is 9.47 Å². The van der Waals surface area contributed by atoms with Gasteiger partial charge in [0, 0.05) is 6.20 Å². The molecule has 2 aromatic rings. The maximum atomic E-state index is 13.5. The molecule has 1 aromatic carbocycles. The van der Waals surface area contributed by atoms with Gasteiger partial charge in [-0.05, 0) is 13.0 Å². The molecule has 1 heterocycles. The summed E-state index contributed by atoms with van der Waals surface area (Å²) in [6.07, 6.45) is 1.09. The Morgan fingerprint density at radius 2 is 2.10 bits per heavy atom. The van der Waals surface area contributed by atoms with E-state index in [2.05, 4.69) is 4.98 Å².